The minimum atomic E-state index is -2.53. The summed E-state index contributed by atoms with van der Waals surface area (Å²) in [7, 11) is 0. The molecule has 2 N–H and O–H groups in total. The van der Waals surface area contributed by atoms with Crippen molar-refractivity contribution in [2.24, 2.45) is 5.73 Å². The molecule has 102 valence electrons. The minimum Gasteiger partial charge on any atom is -0.339 e. The van der Waals surface area contributed by atoms with Gasteiger partial charge in [-0.05, 0) is 19.3 Å². The molecule has 4 nitrogen and oxygen atoms in total. The second-order valence-electron chi connectivity index (χ2n) is 5.02. The highest BCUT2D eigenvalue weighted by Gasteiger charge is 2.37. The average Bonchev–Trinajstić information content (AvgIpc) is 2.79. The topological polar surface area (TPSA) is 64.9 Å². The molecule has 0 amide bonds. The van der Waals surface area contributed by atoms with Crippen LogP contribution in [0.25, 0.3) is 0 Å². The molecular weight excluding hydrogens is 240 g/mol. The third-order valence-corrected chi connectivity index (χ3v) is 3.46. The van der Waals surface area contributed by atoms with E-state index in [-0.39, 0.29) is 24.8 Å². The van der Waals surface area contributed by atoms with Gasteiger partial charge in [0, 0.05) is 18.8 Å². The lowest BCUT2D eigenvalue weighted by Gasteiger charge is -2.25. The summed E-state index contributed by atoms with van der Waals surface area (Å²) in [5.74, 6) is -1.62. The maximum atomic E-state index is 13.0. The standard InChI is InChI=1S/C12H19F2N3O/c1-2-3-9(15)10-16-11(18-17-10)8-4-6-12(13,14)7-5-8/h8-9H,2-7,15H2,1H3. The second kappa shape index (κ2) is 5.30. The summed E-state index contributed by atoms with van der Waals surface area (Å²) >= 11 is 0. The van der Waals surface area contributed by atoms with Crippen molar-refractivity contribution in [1.29, 1.82) is 0 Å². The maximum Gasteiger partial charge on any atom is 0.248 e. The summed E-state index contributed by atoms with van der Waals surface area (Å²) in [5.41, 5.74) is 5.89. The van der Waals surface area contributed by atoms with Gasteiger partial charge in [-0.2, -0.15) is 4.98 Å². The summed E-state index contributed by atoms with van der Waals surface area (Å²) in [6.07, 6.45) is 2.34. The van der Waals surface area contributed by atoms with E-state index in [1.165, 1.54) is 0 Å². The average molecular weight is 259 g/mol. The van der Waals surface area contributed by atoms with Gasteiger partial charge in [0.25, 0.3) is 0 Å². The van der Waals surface area contributed by atoms with E-state index in [9.17, 15) is 8.78 Å². The Balaban J connectivity index is 1.98. The summed E-state index contributed by atoms with van der Waals surface area (Å²) in [6, 6.07) is -0.225. The Morgan fingerprint density at radius 3 is 2.72 bits per heavy atom. The smallest absolute Gasteiger partial charge is 0.248 e. The molecular formula is C12H19F2N3O. The molecule has 0 spiro atoms. The van der Waals surface area contributed by atoms with E-state index in [1.807, 2.05) is 6.92 Å². The van der Waals surface area contributed by atoms with E-state index in [0.29, 0.717) is 24.6 Å². The van der Waals surface area contributed by atoms with Gasteiger partial charge < -0.3 is 10.3 Å². The highest BCUT2D eigenvalue weighted by molar-refractivity contribution is 5.00. The van der Waals surface area contributed by atoms with Crippen LogP contribution in [0.3, 0.4) is 0 Å². The third-order valence-electron chi connectivity index (χ3n) is 3.46. The summed E-state index contributed by atoms with van der Waals surface area (Å²) in [6.45, 7) is 2.03. The predicted octanol–water partition coefficient (Wildman–Crippen LogP) is 3.16. The van der Waals surface area contributed by atoms with Crippen LogP contribution in [0.4, 0.5) is 8.78 Å². The molecule has 6 heteroatoms. The van der Waals surface area contributed by atoms with Gasteiger partial charge in [0.15, 0.2) is 5.82 Å². The predicted molar refractivity (Wildman–Crippen MR) is 62.3 cm³/mol. The molecule has 0 saturated heterocycles. The molecule has 2 rings (SSSR count). The Bertz CT molecular complexity index is 384. The van der Waals surface area contributed by atoms with Gasteiger partial charge >= 0.3 is 0 Å². The van der Waals surface area contributed by atoms with Crippen LogP contribution in [-0.2, 0) is 0 Å². The van der Waals surface area contributed by atoms with Crippen LogP contribution in [0.2, 0.25) is 0 Å². The Labute approximate surface area is 105 Å². The fourth-order valence-corrected chi connectivity index (χ4v) is 2.29. The Morgan fingerprint density at radius 2 is 2.11 bits per heavy atom. The van der Waals surface area contributed by atoms with E-state index >= 15 is 0 Å². The SMILES string of the molecule is CCCC(N)c1noc(C2CCC(F)(F)CC2)n1. The van der Waals surface area contributed by atoms with Gasteiger partial charge in [0.1, 0.15) is 0 Å². The van der Waals surface area contributed by atoms with E-state index in [4.69, 9.17) is 10.3 Å². The van der Waals surface area contributed by atoms with Crippen molar-refractivity contribution in [3.63, 3.8) is 0 Å². The first-order chi connectivity index (χ1) is 8.52. The van der Waals surface area contributed by atoms with Gasteiger partial charge in [-0.25, -0.2) is 8.78 Å². The highest BCUT2D eigenvalue weighted by Crippen LogP contribution is 2.40. The van der Waals surface area contributed by atoms with Crippen molar-refractivity contribution in [2.75, 3.05) is 0 Å². The van der Waals surface area contributed by atoms with Crippen molar-refractivity contribution in [1.82, 2.24) is 10.1 Å². The summed E-state index contributed by atoms with van der Waals surface area (Å²) in [4.78, 5) is 4.25. The monoisotopic (exact) mass is 259 g/mol. The largest absolute Gasteiger partial charge is 0.339 e. The van der Waals surface area contributed by atoms with Gasteiger partial charge in [-0.1, -0.05) is 18.5 Å². The van der Waals surface area contributed by atoms with E-state index in [2.05, 4.69) is 10.1 Å². The lowest BCUT2D eigenvalue weighted by atomic mass is 9.87. The van der Waals surface area contributed by atoms with Gasteiger partial charge in [0.05, 0.1) is 6.04 Å². The zero-order valence-electron chi connectivity index (χ0n) is 10.5. The van der Waals surface area contributed by atoms with Crippen molar-refractivity contribution >= 4 is 0 Å². The minimum absolute atomic E-state index is 0.0419. The molecule has 0 aliphatic heterocycles. The lowest BCUT2D eigenvalue weighted by molar-refractivity contribution is -0.0402. The molecule has 1 fully saturated rings. The molecule has 18 heavy (non-hydrogen) atoms. The number of rotatable bonds is 4. The molecule has 0 aromatic carbocycles. The van der Waals surface area contributed by atoms with Gasteiger partial charge in [-0.15, -0.1) is 0 Å². The van der Waals surface area contributed by atoms with Crippen LogP contribution < -0.4 is 5.73 Å². The maximum absolute atomic E-state index is 13.0. The fraction of sp³-hybridized carbons (Fsp3) is 0.833. The zero-order valence-corrected chi connectivity index (χ0v) is 10.5. The van der Waals surface area contributed by atoms with Gasteiger partial charge in [-0.3, -0.25) is 0 Å². The van der Waals surface area contributed by atoms with E-state index < -0.39 is 5.92 Å². The molecule has 1 aromatic heterocycles. The third kappa shape index (κ3) is 3.04. The molecule has 1 saturated carbocycles. The van der Waals surface area contributed by atoms with Crippen molar-refractivity contribution in [2.45, 2.75) is 63.3 Å². The quantitative estimate of drug-likeness (QED) is 0.902. The van der Waals surface area contributed by atoms with Crippen molar-refractivity contribution < 1.29 is 13.3 Å². The number of nitrogens with two attached hydrogens (primary N) is 1. The summed E-state index contributed by atoms with van der Waals surface area (Å²) < 4.78 is 31.2. The van der Waals surface area contributed by atoms with Gasteiger partial charge in [0.2, 0.25) is 11.8 Å². The number of alkyl halides is 2. The lowest BCUT2D eigenvalue weighted by Crippen LogP contribution is -2.23. The normalized spacial score (nSPS) is 22.0. The molecule has 1 aromatic rings. The van der Waals surface area contributed by atoms with Crippen LogP contribution in [0.15, 0.2) is 4.52 Å². The molecule has 1 heterocycles. The van der Waals surface area contributed by atoms with Crippen LogP contribution in [0.5, 0.6) is 0 Å². The van der Waals surface area contributed by atoms with Crippen molar-refractivity contribution in [3.8, 4) is 0 Å². The van der Waals surface area contributed by atoms with E-state index in [1.54, 1.807) is 0 Å². The number of nitrogens with zero attached hydrogens (tertiary/aromatic N) is 2. The Morgan fingerprint density at radius 1 is 1.44 bits per heavy atom. The molecule has 1 atom stereocenters. The van der Waals surface area contributed by atoms with Crippen LogP contribution in [0.1, 0.15) is 69.1 Å². The van der Waals surface area contributed by atoms with Crippen LogP contribution >= 0.6 is 0 Å². The fourth-order valence-electron chi connectivity index (χ4n) is 2.29. The first kappa shape index (κ1) is 13.4. The molecule has 0 radical (unpaired) electrons. The molecule has 1 unspecified atom stereocenters. The number of hydrogen-bond acceptors (Lipinski definition) is 4. The Kier molecular flexibility index (Phi) is 3.94. The first-order valence-corrected chi connectivity index (χ1v) is 6.49. The molecule has 1 aliphatic carbocycles. The first-order valence-electron chi connectivity index (χ1n) is 6.49. The second-order valence-corrected chi connectivity index (χ2v) is 5.02. The van der Waals surface area contributed by atoms with Crippen LogP contribution in [-0.4, -0.2) is 16.1 Å². The zero-order chi connectivity index (χ0) is 13.2. The number of aromatic nitrogens is 2. The van der Waals surface area contributed by atoms with E-state index in [0.717, 1.165) is 12.8 Å². The van der Waals surface area contributed by atoms with Crippen LogP contribution in [0, 0.1) is 0 Å². The highest BCUT2D eigenvalue weighted by atomic mass is 19.3. The number of hydrogen-bond donors (Lipinski definition) is 1. The molecule has 1 aliphatic rings. The molecule has 0 bridgehead atoms. The van der Waals surface area contributed by atoms with Crippen molar-refractivity contribution in [3.05, 3.63) is 11.7 Å². The number of halogens is 2. The summed E-state index contributed by atoms with van der Waals surface area (Å²) in [5, 5.41) is 3.85. The Hall–Kier alpha value is -1.04.